The summed E-state index contributed by atoms with van der Waals surface area (Å²) in [6.45, 7) is 1.16. The second-order valence-electron chi connectivity index (χ2n) is 5.26. The van der Waals surface area contributed by atoms with Gasteiger partial charge in [-0.2, -0.15) is 0 Å². The summed E-state index contributed by atoms with van der Waals surface area (Å²) in [5.41, 5.74) is 6.52. The summed E-state index contributed by atoms with van der Waals surface area (Å²) in [7, 11) is 0. The van der Waals surface area contributed by atoms with Crippen molar-refractivity contribution in [2.45, 2.75) is 18.9 Å². The van der Waals surface area contributed by atoms with E-state index in [4.69, 9.17) is 5.73 Å². The van der Waals surface area contributed by atoms with Gasteiger partial charge in [-0.1, -0.05) is 0 Å². The average molecular weight is 287 g/mol. The Kier molecular flexibility index (Phi) is 3.39. The fourth-order valence-electron chi connectivity index (χ4n) is 2.48. The molecule has 0 atom stereocenters. The monoisotopic (exact) mass is 287 g/mol. The highest BCUT2D eigenvalue weighted by atomic mass is 16.4. The highest BCUT2D eigenvalue weighted by Gasteiger charge is 2.26. The van der Waals surface area contributed by atoms with Crippen LogP contribution in [0.2, 0.25) is 0 Å². The summed E-state index contributed by atoms with van der Waals surface area (Å²) in [5, 5.41) is 12.8. The lowest BCUT2D eigenvalue weighted by atomic mass is 10.1. The number of benzene rings is 1. The van der Waals surface area contributed by atoms with Crippen LogP contribution in [0.1, 0.15) is 29.2 Å². The Balaban J connectivity index is 2.20. The van der Waals surface area contributed by atoms with Crippen molar-refractivity contribution in [2.24, 2.45) is 5.73 Å². The van der Waals surface area contributed by atoms with E-state index in [0.29, 0.717) is 18.5 Å². The quantitative estimate of drug-likeness (QED) is 0.772. The molecule has 0 radical (unpaired) electrons. The minimum absolute atomic E-state index is 0.169. The first kappa shape index (κ1) is 13.6. The van der Waals surface area contributed by atoms with E-state index in [2.05, 4.69) is 5.32 Å². The second kappa shape index (κ2) is 5.21. The molecule has 0 bridgehead atoms. The van der Waals surface area contributed by atoms with Crippen molar-refractivity contribution < 1.29 is 9.90 Å². The van der Waals surface area contributed by atoms with Crippen LogP contribution in [0.3, 0.4) is 0 Å². The zero-order chi connectivity index (χ0) is 15.0. The van der Waals surface area contributed by atoms with Gasteiger partial charge in [-0.05, 0) is 31.0 Å². The van der Waals surface area contributed by atoms with E-state index < -0.39 is 11.4 Å². The minimum Gasteiger partial charge on any atom is -0.477 e. The smallest absolute Gasteiger partial charge is 0.341 e. The molecule has 0 amide bonds. The van der Waals surface area contributed by atoms with E-state index in [1.54, 1.807) is 12.1 Å². The number of hydrogen-bond donors (Lipinski definition) is 3. The molecule has 0 aliphatic heterocycles. The summed E-state index contributed by atoms with van der Waals surface area (Å²) < 4.78 is 1.91. The number of nitrogens with two attached hydrogens (primary N) is 1. The second-order valence-corrected chi connectivity index (χ2v) is 5.26. The molecule has 0 unspecified atom stereocenters. The molecule has 1 heterocycles. The van der Waals surface area contributed by atoms with Crippen molar-refractivity contribution in [3.05, 3.63) is 40.2 Å². The van der Waals surface area contributed by atoms with Crippen molar-refractivity contribution in [2.75, 3.05) is 18.4 Å². The number of aromatic carboxylic acids is 1. The molecule has 3 rings (SSSR count). The minimum atomic E-state index is -1.18. The Morgan fingerprint density at radius 3 is 2.81 bits per heavy atom. The molecule has 6 nitrogen and oxygen atoms in total. The van der Waals surface area contributed by atoms with Gasteiger partial charge >= 0.3 is 5.97 Å². The van der Waals surface area contributed by atoms with E-state index >= 15 is 0 Å². The Labute approximate surface area is 121 Å². The summed E-state index contributed by atoms with van der Waals surface area (Å²) >= 11 is 0. The van der Waals surface area contributed by atoms with Gasteiger partial charge < -0.3 is 20.7 Å². The first-order chi connectivity index (χ1) is 10.1. The lowest BCUT2D eigenvalue weighted by molar-refractivity contribution is 0.0695. The van der Waals surface area contributed by atoms with Crippen LogP contribution in [0.4, 0.5) is 5.69 Å². The molecule has 1 aromatic heterocycles. The SMILES string of the molecule is NCCNc1ccc2c(=O)c(C(=O)O)cn(C3CC3)c2c1. The van der Waals surface area contributed by atoms with Crippen molar-refractivity contribution >= 4 is 22.6 Å². The van der Waals surface area contributed by atoms with Gasteiger partial charge in [0.15, 0.2) is 0 Å². The molecule has 1 aliphatic rings. The van der Waals surface area contributed by atoms with Crippen molar-refractivity contribution in [1.29, 1.82) is 0 Å². The number of hydrogen-bond acceptors (Lipinski definition) is 4. The lowest BCUT2D eigenvalue weighted by Crippen LogP contribution is -2.19. The first-order valence-electron chi connectivity index (χ1n) is 6.98. The highest BCUT2D eigenvalue weighted by Crippen LogP contribution is 2.37. The Bertz CT molecular complexity index is 763. The molecule has 1 aliphatic carbocycles. The van der Waals surface area contributed by atoms with Crippen LogP contribution in [0, 0.1) is 0 Å². The number of fused-ring (bicyclic) bond motifs is 1. The maximum atomic E-state index is 12.3. The first-order valence-corrected chi connectivity index (χ1v) is 6.98. The summed E-state index contributed by atoms with van der Waals surface area (Å²) in [6.07, 6.45) is 3.49. The summed E-state index contributed by atoms with van der Waals surface area (Å²) in [6, 6.07) is 5.64. The number of carboxylic acid groups (broad SMARTS) is 1. The van der Waals surface area contributed by atoms with Crippen LogP contribution in [0.5, 0.6) is 0 Å². The average Bonchev–Trinajstić information content (AvgIpc) is 3.29. The van der Waals surface area contributed by atoms with Crippen LogP contribution < -0.4 is 16.5 Å². The van der Waals surface area contributed by atoms with Gasteiger partial charge in [0.2, 0.25) is 5.43 Å². The zero-order valence-electron chi connectivity index (χ0n) is 11.5. The number of pyridine rings is 1. The third-order valence-electron chi connectivity index (χ3n) is 3.68. The van der Waals surface area contributed by atoms with E-state index in [9.17, 15) is 14.7 Å². The maximum absolute atomic E-state index is 12.3. The Hall–Kier alpha value is -2.34. The Morgan fingerprint density at radius 2 is 2.19 bits per heavy atom. The third-order valence-corrected chi connectivity index (χ3v) is 3.68. The summed E-state index contributed by atoms with van der Waals surface area (Å²) in [5.74, 6) is -1.18. The third kappa shape index (κ3) is 2.50. The predicted octanol–water partition coefficient (Wildman–Crippen LogP) is 1.41. The summed E-state index contributed by atoms with van der Waals surface area (Å²) in [4.78, 5) is 23.5. The highest BCUT2D eigenvalue weighted by molar-refractivity contribution is 5.93. The fraction of sp³-hybridized carbons (Fsp3) is 0.333. The molecule has 1 aromatic carbocycles. The van der Waals surface area contributed by atoms with E-state index in [1.807, 2.05) is 10.6 Å². The number of anilines is 1. The fourth-order valence-corrected chi connectivity index (χ4v) is 2.48. The molecular formula is C15H17N3O3. The number of rotatable bonds is 5. The Morgan fingerprint density at radius 1 is 1.43 bits per heavy atom. The van der Waals surface area contributed by atoms with Gasteiger partial charge in [-0.15, -0.1) is 0 Å². The molecule has 110 valence electrons. The van der Waals surface area contributed by atoms with Gasteiger partial charge in [-0.3, -0.25) is 4.79 Å². The molecule has 0 spiro atoms. The normalized spacial score (nSPS) is 14.3. The molecule has 1 fully saturated rings. The topological polar surface area (TPSA) is 97.3 Å². The van der Waals surface area contributed by atoms with Crippen LogP contribution in [-0.2, 0) is 0 Å². The molecule has 1 saturated carbocycles. The van der Waals surface area contributed by atoms with Gasteiger partial charge in [0.25, 0.3) is 0 Å². The molecule has 0 saturated heterocycles. The largest absolute Gasteiger partial charge is 0.477 e. The zero-order valence-corrected chi connectivity index (χ0v) is 11.5. The van der Waals surface area contributed by atoms with Crippen molar-refractivity contribution in [3.63, 3.8) is 0 Å². The van der Waals surface area contributed by atoms with Crippen LogP contribution in [-0.4, -0.2) is 28.7 Å². The molecule has 21 heavy (non-hydrogen) atoms. The standard InChI is InChI=1S/C15H17N3O3/c16-5-6-17-9-1-4-11-13(7-9)18(10-2-3-10)8-12(14(11)19)15(20)21/h1,4,7-8,10,17H,2-3,5-6,16H2,(H,20,21). The molecule has 6 heteroatoms. The van der Waals surface area contributed by atoms with E-state index in [0.717, 1.165) is 24.0 Å². The number of carboxylic acids is 1. The predicted molar refractivity (Wildman–Crippen MR) is 81.0 cm³/mol. The van der Waals surface area contributed by atoms with Gasteiger partial charge in [0.1, 0.15) is 5.56 Å². The van der Waals surface area contributed by atoms with Gasteiger partial charge in [0, 0.05) is 36.4 Å². The number of nitrogens with one attached hydrogen (secondary N) is 1. The van der Waals surface area contributed by atoms with Crippen LogP contribution in [0.15, 0.2) is 29.2 Å². The lowest BCUT2D eigenvalue weighted by Gasteiger charge is -2.13. The number of nitrogens with zero attached hydrogens (tertiary/aromatic N) is 1. The van der Waals surface area contributed by atoms with Crippen LogP contribution in [0.25, 0.3) is 10.9 Å². The van der Waals surface area contributed by atoms with Gasteiger partial charge in [-0.25, -0.2) is 4.79 Å². The van der Waals surface area contributed by atoms with E-state index in [1.165, 1.54) is 6.20 Å². The van der Waals surface area contributed by atoms with E-state index in [-0.39, 0.29) is 11.6 Å². The van der Waals surface area contributed by atoms with Crippen molar-refractivity contribution in [1.82, 2.24) is 4.57 Å². The number of carbonyl (C=O) groups is 1. The molecule has 2 aromatic rings. The molecular weight excluding hydrogens is 270 g/mol. The van der Waals surface area contributed by atoms with Crippen LogP contribution >= 0.6 is 0 Å². The van der Waals surface area contributed by atoms with Gasteiger partial charge in [0.05, 0.1) is 5.52 Å². The maximum Gasteiger partial charge on any atom is 0.341 e. The molecule has 4 N–H and O–H groups in total. The number of aromatic nitrogens is 1. The van der Waals surface area contributed by atoms with Crippen molar-refractivity contribution in [3.8, 4) is 0 Å².